The summed E-state index contributed by atoms with van der Waals surface area (Å²) in [6.07, 6.45) is 4.89. The van der Waals surface area contributed by atoms with Gasteiger partial charge in [0.05, 0.1) is 6.54 Å². The van der Waals surface area contributed by atoms with Gasteiger partial charge in [0.15, 0.2) is 17.4 Å². The van der Waals surface area contributed by atoms with Gasteiger partial charge in [-0.25, -0.2) is 4.52 Å². The zero-order chi connectivity index (χ0) is 16.1. The van der Waals surface area contributed by atoms with Crippen LogP contribution < -0.4 is 10.2 Å². The highest BCUT2D eigenvalue weighted by molar-refractivity contribution is 5.86. The summed E-state index contributed by atoms with van der Waals surface area (Å²) in [5.41, 5.74) is 2.04. The highest BCUT2D eigenvalue weighted by Crippen LogP contribution is 2.39. The van der Waals surface area contributed by atoms with Gasteiger partial charge in [0.1, 0.15) is 5.52 Å². The van der Waals surface area contributed by atoms with Gasteiger partial charge >= 0.3 is 0 Å². The van der Waals surface area contributed by atoms with Gasteiger partial charge in [-0.3, -0.25) is 9.89 Å². The molecule has 1 saturated carbocycles. The largest absolute Gasteiger partial charge is 0.332 e. The third-order valence-electron chi connectivity index (χ3n) is 4.55. The average Bonchev–Trinajstić information content (AvgIpc) is 2.99. The SMILES string of the molecule is O=C1CCN(c2nc(Nc3cc(C4CC4)[nH]n3)c3cccn3n2)C1. The van der Waals surface area contributed by atoms with E-state index in [1.807, 2.05) is 29.3 Å². The molecule has 0 bridgehead atoms. The first-order valence-corrected chi connectivity index (χ1v) is 8.20. The van der Waals surface area contributed by atoms with Gasteiger partial charge in [0.2, 0.25) is 5.95 Å². The molecule has 0 unspecified atom stereocenters. The number of rotatable bonds is 4. The highest BCUT2D eigenvalue weighted by Gasteiger charge is 2.26. The number of hydrogen-bond acceptors (Lipinski definition) is 6. The number of Topliss-reactive ketones (excluding diaryl/α,β-unsaturated/α-hetero) is 1. The first-order chi connectivity index (χ1) is 11.8. The molecule has 2 N–H and O–H groups in total. The van der Waals surface area contributed by atoms with Crippen molar-refractivity contribution in [3.05, 3.63) is 30.1 Å². The molecule has 1 saturated heterocycles. The van der Waals surface area contributed by atoms with E-state index in [9.17, 15) is 4.79 Å². The molecule has 2 aliphatic rings. The van der Waals surface area contributed by atoms with Crippen LogP contribution in [0.5, 0.6) is 0 Å². The van der Waals surface area contributed by atoms with Crippen LogP contribution in [0, 0.1) is 0 Å². The quantitative estimate of drug-likeness (QED) is 0.761. The van der Waals surface area contributed by atoms with Crippen molar-refractivity contribution in [1.29, 1.82) is 0 Å². The van der Waals surface area contributed by atoms with Gasteiger partial charge in [-0.2, -0.15) is 10.1 Å². The smallest absolute Gasteiger partial charge is 0.246 e. The van der Waals surface area contributed by atoms with Crippen LogP contribution in [0.25, 0.3) is 5.52 Å². The first-order valence-electron chi connectivity index (χ1n) is 8.20. The molecule has 0 amide bonds. The summed E-state index contributed by atoms with van der Waals surface area (Å²) in [5, 5.41) is 15.2. The van der Waals surface area contributed by atoms with Gasteiger partial charge in [0, 0.05) is 36.8 Å². The van der Waals surface area contributed by atoms with Crippen LogP contribution in [0.3, 0.4) is 0 Å². The second kappa shape index (κ2) is 5.05. The van der Waals surface area contributed by atoms with Crippen molar-refractivity contribution in [3.8, 4) is 0 Å². The molecule has 0 spiro atoms. The third-order valence-corrected chi connectivity index (χ3v) is 4.55. The highest BCUT2D eigenvalue weighted by atomic mass is 16.1. The van der Waals surface area contributed by atoms with Gasteiger partial charge in [0.25, 0.3) is 0 Å². The second-order valence-electron chi connectivity index (χ2n) is 6.42. The molecule has 24 heavy (non-hydrogen) atoms. The van der Waals surface area contributed by atoms with Crippen LogP contribution in [0.1, 0.15) is 30.9 Å². The number of carbonyl (C=O) groups is 1. The average molecular weight is 323 g/mol. The normalized spacial score (nSPS) is 17.8. The Kier molecular flexibility index (Phi) is 2.85. The zero-order valence-electron chi connectivity index (χ0n) is 13.1. The van der Waals surface area contributed by atoms with Crippen molar-refractivity contribution in [2.24, 2.45) is 0 Å². The van der Waals surface area contributed by atoms with Gasteiger partial charge in [-0.05, 0) is 25.0 Å². The Labute approximate surface area is 137 Å². The molecule has 8 nitrogen and oxygen atoms in total. The minimum Gasteiger partial charge on any atom is -0.332 e. The Hall–Kier alpha value is -2.90. The number of nitrogens with one attached hydrogen (secondary N) is 2. The zero-order valence-corrected chi connectivity index (χ0v) is 13.1. The molecule has 0 radical (unpaired) electrons. The van der Waals surface area contributed by atoms with Crippen molar-refractivity contribution in [2.45, 2.75) is 25.2 Å². The fourth-order valence-electron chi connectivity index (χ4n) is 3.08. The summed E-state index contributed by atoms with van der Waals surface area (Å²) in [4.78, 5) is 18.1. The molecule has 2 fully saturated rings. The molecule has 8 heteroatoms. The molecule has 0 aromatic carbocycles. The van der Waals surface area contributed by atoms with E-state index in [0.717, 1.165) is 11.3 Å². The van der Waals surface area contributed by atoms with Gasteiger partial charge in [-0.1, -0.05) is 0 Å². The number of nitrogens with zero attached hydrogens (tertiary/aromatic N) is 5. The number of hydrogen-bond donors (Lipinski definition) is 2. The van der Waals surface area contributed by atoms with Crippen molar-refractivity contribution in [3.63, 3.8) is 0 Å². The van der Waals surface area contributed by atoms with Crippen LogP contribution in [0.15, 0.2) is 24.4 Å². The van der Waals surface area contributed by atoms with Crippen LogP contribution >= 0.6 is 0 Å². The standard InChI is InChI=1S/C16H17N7O/c24-11-5-7-22(9-11)16-18-15(13-2-1-6-23(13)21-16)17-14-8-12(19-20-14)10-3-4-10/h1-2,6,8,10H,3-5,7,9H2,(H2,17,18,19,20,21). The minimum absolute atomic E-state index is 0.224. The molecule has 3 aromatic heterocycles. The Morgan fingerprint density at radius 3 is 3.04 bits per heavy atom. The van der Waals surface area contributed by atoms with Crippen LogP contribution in [0.4, 0.5) is 17.6 Å². The Balaban J connectivity index is 1.50. The van der Waals surface area contributed by atoms with E-state index >= 15 is 0 Å². The van der Waals surface area contributed by atoms with Gasteiger partial charge in [-0.15, -0.1) is 5.10 Å². The number of aromatic nitrogens is 5. The fourth-order valence-corrected chi connectivity index (χ4v) is 3.08. The predicted molar refractivity (Wildman–Crippen MR) is 88.7 cm³/mol. The molecule has 1 aliphatic carbocycles. The summed E-state index contributed by atoms with van der Waals surface area (Å²) >= 11 is 0. The number of aromatic amines is 1. The van der Waals surface area contributed by atoms with Crippen molar-refractivity contribution in [1.82, 2.24) is 24.8 Å². The molecular weight excluding hydrogens is 306 g/mol. The maximum absolute atomic E-state index is 11.6. The van der Waals surface area contributed by atoms with Crippen molar-refractivity contribution in [2.75, 3.05) is 23.3 Å². The maximum atomic E-state index is 11.6. The monoisotopic (exact) mass is 323 g/mol. The van der Waals surface area contributed by atoms with Gasteiger partial charge < -0.3 is 10.2 Å². The number of carbonyl (C=O) groups excluding carboxylic acids is 1. The van der Waals surface area contributed by atoms with Crippen molar-refractivity contribution < 1.29 is 4.79 Å². The van der Waals surface area contributed by atoms with E-state index in [1.54, 1.807) is 4.52 Å². The lowest BCUT2D eigenvalue weighted by Crippen LogP contribution is -2.23. The van der Waals surface area contributed by atoms with E-state index < -0.39 is 0 Å². The Morgan fingerprint density at radius 2 is 2.25 bits per heavy atom. The Bertz CT molecular complexity index is 924. The Morgan fingerprint density at radius 1 is 1.33 bits per heavy atom. The molecule has 3 aromatic rings. The van der Waals surface area contributed by atoms with E-state index in [0.29, 0.717) is 37.2 Å². The lowest BCUT2D eigenvalue weighted by atomic mass is 10.3. The van der Waals surface area contributed by atoms with Crippen molar-refractivity contribution >= 4 is 28.9 Å². The topological polar surface area (TPSA) is 91.2 Å². The fraction of sp³-hybridized carbons (Fsp3) is 0.375. The maximum Gasteiger partial charge on any atom is 0.246 e. The van der Waals surface area contributed by atoms with E-state index in [1.165, 1.54) is 18.5 Å². The van der Waals surface area contributed by atoms with Crippen LogP contribution in [0.2, 0.25) is 0 Å². The number of H-pyrrole nitrogens is 1. The summed E-state index contributed by atoms with van der Waals surface area (Å²) in [7, 11) is 0. The number of anilines is 3. The van der Waals surface area contributed by atoms with Crippen LogP contribution in [-0.2, 0) is 4.79 Å². The molecule has 5 rings (SSSR count). The lowest BCUT2D eigenvalue weighted by molar-refractivity contribution is -0.116. The van der Waals surface area contributed by atoms with E-state index in [-0.39, 0.29) is 5.78 Å². The van der Waals surface area contributed by atoms with E-state index in [2.05, 4.69) is 25.6 Å². The molecule has 122 valence electrons. The summed E-state index contributed by atoms with van der Waals surface area (Å²) < 4.78 is 1.78. The molecule has 0 atom stereocenters. The number of ketones is 1. The van der Waals surface area contributed by atoms with Crippen LogP contribution in [-0.4, -0.2) is 43.7 Å². The number of fused-ring (bicyclic) bond motifs is 1. The summed E-state index contributed by atoms with van der Waals surface area (Å²) in [6.45, 7) is 1.04. The lowest BCUT2D eigenvalue weighted by Gasteiger charge is -2.15. The summed E-state index contributed by atoms with van der Waals surface area (Å²) in [5.74, 6) is 2.85. The molecule has 1 aliphatic heterocycles. The summed E-state index contributed by atoms with van der Waals surface area (Å²) in [6, 6.07) is 5.92. The third kappa shape index (κ3) is 2.31. The molecule has 4 heterocycles. The first kappa shape index (κ1) is 13.5. The van der Waals surface area contributed by atoms with E-state index in [4.69, 9.17) is 0 Å². The molecular formula is C16H17N7O. The predicted octanol–water partition coefficient (Wildman–Crippen LogP) is 1.85. The second-order valence-corrected chi connectivity index (χ2v) is 6.42. The minimum atomic E-state index is 0.224.